The van der Waals surface area contributed by atoms with Gasteiger partial charge >= 0.3 is 19.9 Å². The van der Waals surface area contributed by atoms with Crippen molar-refractivity contribution in [1.29, 1.82) is 0 Å². The number of nitrogens with zero attached hydrogens (tertiary/aromatic N) is 2. The molecular formula is C22H26N2O9P+. The lowest BCUT2D eigenvalue weighted by Crippen LogP contribution is -2.55. The van der Waals surface area contributed by atoms with Gasteiger partial charge in [0.25, 0.3) is 5.69 Å². The average molecular weight is 493 g/mol. The Bertz CT molecular complexity index is 1130. The van der Waals surface area contributed by atoms with E-state index < -0.39 is 31.1 Å². The van der Waals surface area contributed by atoms with Crippen LogP contribution < -0.4 is 5.30 Å². The molecule has 2 aliphatic rings. The van der Waals surface area contributed by atoms with Crippen LogP contribution in [0.2, 0.25) is 0 Å². The number of benzene rings is 1. The topological polar surface area (TPSA) is 139 Å². The molecule has 0 atom stereocenters. The van der Waals surface area contributed by atoms with Crippen molar-refractivity contribution in [3.8, 4) is 11.1 Å². The fourth-order valence-electron chi connectivity index (χ4n) is 4.14. The summed E-state index contributed by atoms with van der Waals surface area (Å²) < 4.78 is 28.0. The molecule has 1 N–H and O–H groups in total. The van der Waals surface area contributed by atoms with Crippen molar-refractivity contribution in [1.82, 2.24) is 4.98 Å². The van der Waals surface area contributed by atoms with Crippen molar-refractivity contribution in [2.45, 2.75) is 52.8 Å². The van der Waals surface area contributed by atoms with Gasteiger partial charge < -0.3 is 4.74 Å². The third-order valence-corrected chi connectivity index (χ3v) is 7.75. The van der Waals surface area contributed by atoms with E-state index >= 15 is 0 Å². The second kappa shape index (κ2) is 9.26. The van der Waals surface area contributed by atoms with Gasteiger partial charge in [0.2, 0.25) is 5.30 Å². The van der Waals surface area contributed by atoms with Gasteiger partial charge in [-0.05, 0) is 26.8 Å². The third kappa shape index (κ3) is 4.31. The number of pyridine rings is 1. The molecule has 34 heavy (non-hydrogen) atoms. The summed E-state index contributed by atoms with van der Waals surface area (Å²) in [5.41, 5.74) is 0.431. The van der Waals surface area contributed by atoms with E-state index in [4.69, 9.17) is 23.3 Å². The zero-order chi connectivity index (χ0) is 24.7. The van der Waals surface area contributed by atoms with Gasteiger partial charge in [0.1, 0.15) is 13.2 Å². The number of rotatable bonds is 6. The van der Waals surface area contributed by atoms with Crippen LogP contribution in [0, 0.1) is 24.0 Å². The first-order valence-electron chi connectivity index (χ1n) is 10.9. The molecule has 0 saturated carbocycles. The summed E-state index contributed by atoms with van der Waals surface area (Å²) in [4.78, 5) is 40.7. The highest BCUT2D eigenvalue weighted by atomic mass is 31.2. The summed E-state index contributed by atoms with van der Waals surface area (Å²) in [6, 6.07) is 5.93. The summed E-state index contributed by atoms with van der Waals surface area (Å²) in [7, 11) is -3.71. The maximum Gasteiger partial charge on any atom is 0.448 e. The Kier molecular flexibility index (Phi) is 6.69. The first kappa shape index (κ1) is 24.6. The van der Waals surface area contributed by atoms with Crippen LogP contribution in [-0.2, 0) is 23.3 Å². The lowest BCUT2D eigenvalue weighted by Gasteiger charge is -2.43. The van der Waals surface area contributed by atoms with Crippen LogP contribution in [0.4, 0.5) is 5.69 Å². The molecule has 1 aromatic carbocycles. The van der Waals surface area contributed by atoms with Crippen LogP contribution >= 0.6 is 7.94 Å². The molecule has 4 rings (SSSR count). The maximum atomic E-state index is 13.5. The number of carbonyl (C=O) groups excluding carboxylic acids is 1. The van der Waals surface area contributed by atoms with Crippen LogP contribution in [0.5, 0.6) is 0 Å². The first-order valence-corrected chi connectivity index (χ1v) is 12.4. The standard InChI is InChI=1S/C22H26N2O9P/c1-5-22(31-15(4)32-22)33-21(25)18-13(2)23-14(3)20(34(28)29-11-8-12-30-34)19(18)16-9-6-7-10-17(16)24(26)27/h6-7,9-10,15,28H,5,8,11-12H2,1-4H3/q+1. The minimum atomic E-state index is -3.71. The zero-order valence-electron chi connectivity index (χ0n) is 19.3. The minimum Gasteiger partial charge on any atom is -0.404 e. The van der Waals surface area contributed by atoms with Crippen LogP contribution in [0.25, 0.3) is 11.1 Å². The molecular weight excluding hydrogens is 467 g/mol. The van der Waals surface area contributed by atoms with Gasteiger partial charge in [-0.15, -0.1) is 0 Å². The van der Waals surface area contributed by atoms with E-state index in [1.165, 1.54) is 18.2 Å². The highest BCUT2D eigenvalue weighted by Gasteiger charge is 2.53. The van der Waals surface area contributed by atoms with E-state index in [9.17, 15) is 19.8 Å². The molecule has 0 amide bonds. The molecule has 0 bridgehead atoms. The Balaban J connectivity index is 1.97. The second-order valence-corrected chi connectivity index (χ2v) is 9.93. The summed E-state index contributed by atoms with van der Waals surface area (Å²) in [6.45, 7) is 7.06. The molecule has 11 nitrogen and oxygen atoms in total. The summed E-state index contributed by atoms with van der Waals surface area (Å²) in [6.07, 6.45) is 0.242. The molecule has 0 radical (unpaired) electrons. The van der Waals surface area contributed by atoms with E-state index in [0.29, 0.717) is 12.1 Å². The van der Waals surface area contributed by atoms with Crippen molar-refractivity contribution < 1.29 is 37.9 Å². The van der Waals surface area contributed by atoms with E-state index in [1.807, 2.05) is 0 Å². The highest BCUT2D eigenvalue weighted by Crippen LogP contribution is 2.60. The number of hydrogen-bond donors (Lipinski definition) is 1. The largest absolute Gasteiger partial charge is 0.448 e. The van der Waals surface area contributed by atoms with Gasteiger partial charge in [0.15, 0.2) is 6.29 Å². The van der Waals surface area contributed by atoms with Crippen LogP contribution in [0.3, 0.4) is 0 Å². The summed E-state index contributed by atoms with van der Waals surface area (Å²) in [5.74, 6) is -2.44. The van der Waals surface area contributed by atoms with Crippen LogP contribution in [-0.4, -0.2) is 46.2 Å². The van der Waals surface area contributed by atoms with Gasteiger partial charge in [-0.2, -0.15) is 13.9 Å². The van der Waals surface area contributed by atoms with Gasteiger partial charge in [0, 0.05) is 18.9 Å². The number of ether oxygens (including phenoxy) is 3. The summed E-state index contributed by atoms with van der Waals surface area (Å²) >= 11 is 0. The Morgan fingerprint density at radius 3 is 2.50 bits per heavy atom. The van der Waals surface area contributed by atoms with Gasteiger partial charge in [0.05, 0.1) is 33.0 Å². The Morgan fingerprint density at radius 2 is 1.91 bits per heavy atom. The van der Waals surface area contributed by atoms with Crippen LogP contribution in [0.1, 0.15) is 48.4 Å². The maximum absolute atomic E-state index is 13.5. The average Bonchev–Trinajstić information content (AvgIpc) is 2.77. The third-order valence-electron chi connectivity index (χ3n) is 5.58. The molecule has 3 heterocycles. The number of esters is 1. The molecule has 2 fully saturated rings. The van der Waals surface area contributed by atoms with E-state index in [0.717, 1.165) is 0 Å². The number of nitro groups is 1. The van der Waals surface area contributed by atoms with Crippen molar-refractivity contribution in [3.63, 3.8) is 0 Å². The molecule has 2 aromatic rings. The molecule has 2 saturated heterocycles. The summed E-state index contributed by atoms with van der Waals surface area (Å²) in [5, 5.41) is 12.0. The van der Waals surface area contributed by atoms with Crippen molar-refractivity contribution in [2.24, 2.45) is 0 Å². The molecule has 2 aliphatic heterocycles. The second-order valence-electron chi connectivity index (χ2n) is 7.93. The van der Waals surface area contributed by atoms with E-state index in [-0.39, 0.29) is 53.0 Å². The van der Waals surface area contributed by atoms with Gasteiger partial charge in [-0.25, -0.2) is 4.79 Å². The Morgan fingerprint density at radius 1 is 1.26 bits per heavy atom. The van der Waals surface area contributed by atoms with Crippen LogP contribution in [0.15, 0.2) is 24.3 Å². The normalized spacial score (nSPS) is 23.7. The molecule has 0 spiro atoms. The van der Waals surface area contributed by atoms with E-state index in [1.54, 1.807) is 33.8 Å². The molecule has 12 heteroatoms. The number of hydrogen-bond acceptors (Lipinski definition) is 10. The highest BCUT2D eigenvalue weighted by molar-refractivity contribution is 7.69. The lowest BCUT2D eigenvalue weighted by atomic mass is 9.96. The quantitative estimate of drug-likeness (QED) is 0.274. The zero-order valence-corrected chi connectivity index (χ0v) is 20.2. The predicted octanol–water partition coefficient (Wildman–Crippen LogP) is 3.70. The molecule has 182 valence electrons. The number of para-hydroxylation sites is 1. The fraction of sp³-hybridized carbons (Fsp3) is 0.455. The number of aromatic nitrogens is 1. The van der Waals surface area contributed by atoms with Crippen molar-refractivity contribution >= 4 is 24.9 Å². The van der Waals surface area contributed by atoms with Crippen molar-refractivity contribution in [2.75, 3.05) is 13.2 Å². The minimum absolute atomic E-state index is 0.0688. The van der Waals surface area contributed by atoms with Gasteiger partial charge in [-0.3, -0.25) is 24.6 Å². The molecule has 0 unspecified atom stereocenters. The fourth-order valence-corrected chi connectivity index (χ4v) is 6.20. The number of carbonyl (C=O) groups is 1. The molecule has 0 aliphatic carbocycles. The Hall–Kier alpha value is -2.53. The first-order chi connectivity index (χ1) is 16.1. The number of nitro benzene ring substituents is 1. The predicted molar refractivity (Wildman–Crippen MR) is 121 cm³/mol. The smallest absolute Gasteiger partial charge is 0.404 e. The monoisotopic (exact) mass is 493 g/mol. The van der Waals surface area contributed by atoms with Gasteiger partial charge in [-0.1, -0.05) is 19.1 Å². The molecule has 1 aromatic heterocycles. The van der Waals surface area contributed by atoms with E-state index in [2.05, 4.69) is 4.98 Å². The lowest BCUT2D eigenvalue weighted by molar-refractivity contribution is -0.521. The van der Waals surface area contributed by atoms with Crippen molar-refractivity contribution in [3.05, 3.63) is 51.3 Å². The number of aryl methyl sites for hydroxylation is 2. The Labute approximate surface area is 196 Å². The SMILES string of the molecule is CCC1(OC(=O)c2c(C)nc(C)c([P+]3(O)OCCCO3)c2-c2ccccc2[N+](=O)[O-])OC(C)O1.